The van der Waals surface area contributed by atoms with E-state index in [0.717, 1.165) is 16.7 Å². The van der Waals surface area contributed by atoms with E-state index in [-0.39, 0.29) is 42.7 Å². The number of fused-ring (bicyclic) bond motifs is 1. The fourth-order valence-electron chi connectivity index (χ4n) is 3.17. The highest BCUT2D eigenvalue weighted by molar-refractivity contribution is 9.10. The van der Waals surface area contributed by atoms with Crippen molar-refractivity contribution < 1.29 is 23.9 Å². The van der Waals surface area contributed by atoms with Crippen molar-refractivity contribution in [3.05, 3.63) is 64.1 Å². The van der Waals surface area contributed by atoms with Crippen LogP contribution in [0.5, 0.6) is 5.75 Å². The molecular weight excluding hydrogens is 460 g/mol. The lowest BCUT2D eigenvalue weighted by Crippen LogP contribution is -2.42. The van der Waals surface area contributed by atoms with Gasteiger partial charge in [-0.15, -0.1) is 0 Å². The summed E-state index contributed by atoms with van der Waals surface area (Å²) in [6.45, 7) is 0.502. The summed E-state index contributed by atoms with van der Waals surface area (Å²) in [5.41, 5.74) is 1.17. The third-order valence-corrected chi connectivity index (χ3v) is 6.09. The SMILES string of the molecule is O=C1c2c(Br)cccc2OCN1CCOC(c1ccccc1)N1C(=O)CSC1=O. The molecule has 2 aliphatic rings. The summed E-state index contributed by atoms with van der Waals surface area (Å²) in [6.07, 6.45) is -0.828. The van der Waals surface area contributed by atoms with Gasteiger partial charge in [-0.1, -0.05) is 48.2 Å². The maximum atomic E-state index is 12.8. The minimum absolute atomic E-state index is 0.106. The Morgan fingerprint density at radius 3 is 2.62 bits per heavy atom. The maximum Gasteiger partial charge on any atom is 0.291 e. The molecule has 2 heterocycles. The quantitative estimate of drug-likeness (QED) is 0.633. The number of amides is 3. The van der Waals surface area contributed by atoms with Crippen LogP contribution in [0.25, 0.3) is 0 Å². The standard InChI is InChI=1S/C20H17BrN2O5S/c21-14-7-4-8-15-17(14)18(25)22(12-28-15)9-10-27-19(13-5-2-1-3-6-13)23-16(24)11-29-20(23)26/h1-8,19H,9-12H2. The van der Waals surface area contributed by atoms with Crippen LogP contribution in [0.1, 0.15) is 22.1 Å². The van der Waals surface area contributed by atoms with Crippen LogP contribution in [0.15, 0.2) is 53.0 Å². The summed E-state index contributed by atoms with van der Waals surface area (Å²) in [5.74, 6) is 0.190. The molecule has 1 unspecified atom stereocenters. The fraction of sp³-hybridized carbons (Fsp3) is 0.250. The van der Waals surface area contributed by atoms with Crippen molar-refractivity contribution >= 4 is 44.7 Å². The Bertz CT molecular complexity index is 939. The number of ether oxygens (including phenoxy) is 2. The Morgan fingerprint density at radius 1 is 1.10 bits per heavy atom. The van der Waals surface area contributed by atoms with Crippen molar-refractivity contribution in [2.45, 2.75) is 6.23 Å². The van der Waals surface area contributed by atoms with Gasteiger partial charge in [-0.2, -0.15) is 0 Å². The largest absolute Gasteiger partial charge is 0.472 e. The molecule has 2 aromatic carbocycles. The van der Waals surface area contributed by atoms with E-state index in [1.165, 1.54) is 4.90 Å². The zero-order valence-electron chi connectivity index (χ0n) is 15.2. The molecule has 3 amide bonds. The van der Waals surface area contributed by atoms with Crippen molar-refractivity contribution in [1.82, 2.24) is 9.80 Å². The van der Waals surface area contributed by atoms with Gasteiger partial charge in [0, 0.05) is 16.6 Å². The minimum Gasteiger partial charge on any atom is -0.472 e. The second kappa shape index (κ2) is 8.56. The molecule has 9 heteroatoms. The first-order valence-electron chi connectivity index (χ1n) is 8.92. The summed E-state index contributed by atoms with van der Waals surface area (Å²) in [4.78, 5) is 39.8. The zero-order valence-corrected chi connectivity index (χ0v) is 17.6. The minimum atomic E-state index is -0.828. The number of rotatable bonds is 6. The molecule has 0 aromatic heterocycles. The van der Waals surface area contributed by atoms with Gasteiger partial charge in [-0.3, -0.25) is 14.4 Å². The van der Waals surface area contributed by atoms with Gasteiger partial charge in [0.1, 0.15) is 5.75 Å². The van der Waals surface area contributed by atoms with Crippen molar-refractivity contribution in [2.75, 3.05) is 25.6 Å². The lowest BCUT2D eigenvalue weighted by atomic mass is 10.1. The van der Waals surface area contributed by atoms with Crippen molar-refractivity contribution in [3.63, 3.8) is 0 Å². The molecule has 1 fully saturated rings. The Labute approximate surface area is 180 Å². The van der Waals surface area contributed by atoms with E-state index < -0.39 is 6.23 Å². The molecule has 2 aromatic rings. The van der Waals surface area contributed by atoms with Gasteiger partial charge in [0.2, 0.25) is 5.91 Å². The monoisotopic (exact) mass is 476 g/mol. The summed E-state index contributed by atoms with van der Waals surface area (Å²) in [6, 6.07) is 14.4. The number of hydrogen-bond donors (Lipinski definition) is 0. The zero-order chi connectivity index (χ0) is 20.4. The smallest absolute Gasteiger partial charge is 0.291 e. The first kappa shape index (κ1) is 19.9. The lowest BCUT2D eigenvalue weighted by molar-refractivity contribution is -0.136. The van der Waals surface area contributed by atoms with Crippen LogP contribution < -0.4 is 4.74 Å². The van der Waals surface area contributed by atoms with Crippen molar-refractivity contribution in [1.29, 1.82) is 0 Å². The molecule has 29 heavy (non-hydrogen) atoms. The molecule has 0 spiro atoms. The molecule has 4 rings (SSSR count). The van der Waals surface area contributed by atoms with Crippen molar-refractivity contribution in [3.8, 4) is 5.75 Å². The number of benzene rings is 2. The molecule has 0 N–H and O–H groups in total. The number of carbonyl (C=O) groups excluding carboxylic acids is 3. The first-order chi connectivity index (χ1) is 14.1. The maximum absolute atomic E-state index is 12.8. The van der Waals surface area contributed by atoms with Gasteiger partial charge < -0.3 is 14.4 Å². The summed E-state index contributed by atoms with van der Waals surface area (Å²) >= 11 is 4.35. The van der Waals surface area contributed by atoms with Crippen LogP contribution in [-0.2, 0) is 9.53 Å². The van der Waals surface area contributed by atoms with E-state index in [1.54, 1.807) is 24.3 Å². The third kappa shape index (κ3) is 4.03. The predicted molar refractivity (Wildman–Crippen MR) is 111 cm³/mol. The van der Waals surface area contributed by atoms with E-state index in [4.69, 9.17) is 9.47 Å². The number of nitrogens with zero attached hydrogens (tertiary/aromatic N) is 2. The van der Waals surface area contributed by atoms with E-state index in [0.29, 0.717) is 21.3 Å². The fourth-order valence-corrected chi connectivity index (χ4v) is 4.41. The van der Waals surface area contributed by atoms with Gasteiger partial charge >= 0.3 is 0 Å². The molecule has 0 bridgehead atoms. The molecule has 2 aliphatic heterocycles. The molecule has 0 radical (unpaired) electrons. The summed E-state index contributed by atoms with van der Waals surface area (Å²) in [7, 11) is 0. The molecule has 7 nitrogen and oxygen atoms in total. The highest BCUT2D eigenvalue weighted by Crippen LogP contribution is 2.32. The number of imide groups is 1. The highest BCUT2D eigenvalue weighted by atomic mass is 79.9. The van der Waals surface area contributed by atoms with Gasteiger partial charge in [0.05, 0.1) is 17.9 Å². The second-order valence-electron chi connectivity index (χ2n) is 6.41. The normalized spacial score (nSPS) is 17.3. The Morgan fingerprint density at radius 2 is 1.90 bits per heavy atom. The van der Waals surface area contributed by atoms with Gasteiger partial charge in [0.15, 0.2) is 13.0 Å². The second-order valence-corrected chi connectivity index (χ2v) is 8.19. The summed E-state index contributed by atoms with van der Waals surface area (Å²) in [5, 5.41) is -0.334. The number of thioether (sulfide) groups is 1. The van der Waals surface area contributed by atoms with Crippen LogP contribution in [0.4, 0.5) is 4.79 Å². The van der Waals surface area contributed by atoms with Crippen LogP contribution >= 0.6 is 27.7 Å². The Balaban J connectivity index is 1.46. The van der Waals surface area contributed by atoms with Crippen molar-refractivity contribution in [2.24, 2.45) is 0 Å². The van der Waals surface area contributed by atoms with Crippen LogP contribution in [0.2, 0.25) is 0 Å². The van der Waals surface area contributed by atoms with Gasteiger partial charge in [0.25, 0.3) is 11.1 Å². The van der Waals surface area contributed by atoms with Crippen LogP contribution in [0, 0.1) is 0 Å². The number of halogens is 1. The molecule has 0 saturated carbocycles. The molecule has 1 atom stereocenters. The molecule has 0 aliphatic carbocycles. The molecular formula is C20H17BrN2O5S. The van der Waals surface area contributed by atoms with E-state index >= 15 is 0 Å². The van der Waals surface area contributed by atoms with E-state index in [9.17, 15) is 14.4 Å². The molecule has 1 saturated heterocycles. The summed E-state index contributed by atoms with van der Waals surface area (Å²) < 4.78 is 12.3. The average Bonchev–Trinajstić information content (AvgIpc) is 3.06. The van der Waals surface area contributed by atoms with Gasteiger partial charge in [-0.25, -0.2) is 4.90 Å². The number of hydrogen-bond acceptors (Lipinski definition) is 6. The van der Waals surface area contributed by atoms with Crippen LogP contribution in [-0.4, -0.2) is 52.5 Å². The third-order valence-electron chi connectivity index (χ3n) is 4.59. The Kier molecular flexibility index (Phi) is 5.89. The lowest BCUT2D eigenvalue weighted by Gasteiger charge is -2.31. The van der Waals surface area contributed by atoms with E-state index in [2.05, 4.69) is 15.9 Å². The van der Waals surface area contributed by atoms with E-state index in [1.807, 2.05) is 24.3 Å². The first-order valence-corrected chi connectivity index (χ1v) is 10.7. The highest BCUT2D eigenvalue weighted by Gasteiger charge is 2.37. The average molecular weight is 477 g/mol. The predicted octanol–water partition coefficient (Wildman–Crippen LogP) is 3.65. The Hall–Kier alpha value is -2.36. The topological polar surface area (TPSA) is 76.2 Å². The number of carbonyl (C=O) groups is 3. The van der Waals surface area contributed by atoms with Crippen LogP contribution in [0.3, 0.4) is 0 Å². The molecule has 150 valence electrons. The van der Waals surface area contributed by atoms with Gasteiger partial charge in [-0.05, 0) is 28.1 Å².